The third-order valence-electron chi connectivity index (χ3n) is 3.62. The van der Waals surface area contributed by atoms with Crippen LogP contribution < -0.4 is 9.47 Å². The fraction of sp³-hybridized carbons (Fsp3) is 0.235. The average Bonchev–Trinajstić information content (AvgIpc) is 3.25. The van der Waals surface area contributed by atoms with Gasteiger partial charge in [0.1, 0.15) is 17.9 Å². The number of nitrogens with zero attached hydrogens (tertiary/aromatic N) is 5. The number of fused-ring (bicyclic) bond motifs is 1. The third kappa shape index (κ3) is 3.18. The molecule has 0 saturated carbocycles. The van der Waals surface area contributed by atoms with E-state index in [2.05, 4.69) is 24.9 Å². The first kappa shape index (κ1) is 15.3. The van der Waals surface area contributed by atoms with Crippen LogP contribution >= 0.6 is 0 Å². The molecule has 1 atom stereocenters. The van der Waals surface area contributed by atoms with E-state index in [1.54, 1.807) is 38.0 Å². The second-order valence-corrected chi connectivity index (χ2v) is 5.49. The predicted octanol–water partition coefficient (Wildman–Crippen LogP) is 2.46. The molecule has 3 aromatic rings. The van der Waals surface area contributed by atoms with Crippen LogP contribution in [0, 0.1) is 0 Å². The van der Waals surface area contributed by atoms with Crippen molar-refractivity contribution in [3.8, 4) is 11.6 Å². The lowest BCUT2D eigenvalue weighted by molar-refractivity contribution is 0.299. The monoisotopic (exact) mass is 337 g/mol. The molecular weight excluding hydrogens is 322 g/mol. The number of hydrogen-bond donors (Lipinski definition) is 0. The Morgan fingerprint density at radius 1 is 1.16 bits per heavy atom. The number of pyridine rings is 1. The quantitative estimate of drug-likeness (QED) is 0.705. The summed E-state index contributed by atoms with van der Waals surface area (Å²) in [6.07, 6.45) is 8.49. The minimum Gasteiger partial charge on any atom is -0.486 e. The SMILES string of the molecule is COc1cnc(COc2cnc3oc(C4=CC(C)N=C4)nc3c2)cn1. The zero-order valence-electron chi connectivity index (χ0n) is 13.7. The maximum atomic E-state index is 5.70. The van der Waals surface area contributed by atoms with E-state index in [0.717, 1.165) is 5.57 Å². The first-order valence-corrected chi connectivity index (χ1v) is 7.71. The smallest absolute Gasteiger partial charge is 0.247 e. The fourth-order valence-corrected chi connectivity index (χ4v) is 2.36. The van der Waals surface area contributed by atoms with Gasteiger partial charge in [-0.25, -0.2) is 15.0 Å². The zero-order chi connectivity index (χ0) is 17.2. The van der Waals surface area contributed by atoms with Crippen LogP contribution in [-0.2, 0) is 6.61 Å². The van der Waals surface area contributed by atoms with E-state index in [1.807, 2.05) is 13.0 Å². The molecule has 0 aliphatic carbocycles. The molecule has 1 aliphatic rings. The van der Waals surface area contributed by atoms with Gasteiger partial charge in [-0.3, -0.25) is 9.98 Å². The van der Waals surface area contributed by atoms with E-state index in [0.29, 0.717) is 34.4 Å². The van der Waals surface area contributed by atoms with Gasteiger partial charge in [0.05, 0.1) is 43.0 Å². The van der Waals surface area contributed by atoms with Gasteiger partial charge < -0.3 is 13.9 Å². The molecule has 1 unspecified atom stereocenters. The summed E-state index contributed by atoms with van der Waals surface area (Å²) in [5.74, 6) is 1.54. The van der Waals surface area contributed by atoms with E-state index in [9.17, 15) is 0 Å². The van der Waals surface area contributed by atoms with Crippen molar-refractivity contribution in [1.29, 1.82) is 0 Å². The van der Waals surface area contributed by atoms with Crippen LogP contribution in [0.2, 0.25) is 0 Å². The molecule has 8 nitrogen and oxygen atoms in total. The highest BCUT2D eigenvalue weighted by Gasteiger charge is 2.15. The van der Waals surface area contributed by atoms with Gasteiger partial charge in [0.2, 0.25) is 17.5 Å². The second-order valence-electron chi connectivity index (χ2n) is 5.49. The largest absolute Gasteiger partial charge is 0.486 e. The van der Waals surface area contributed by atoms with E-state index in [-0.39, 0.29) is 12.6 Å². The number of ether oxygens (including phenoxy) is 2. The number of rotatable bonds is 5. The summed E-state index contributed by atoms with van der Waals surface area (Å²) in [7, 11) is 1.54. The molecule has 0 amide bonds. The Balaban J connectivity index is 1.50. The summed E-state index contributed by atoms with van der Waals surface area (Å²) in [6.45, 7) is 2.27. The Hall–Kier alpha value is -3.29. The van der Waals surface area contributed by atoms with Crippen molar-refractivity contribution in [1.82, 2.24) is 19.9 Å². The van der Waals surface area contributed by atoms with Gasteiger partial charge >= 0.3 is 0 Å². The van der Waals surface area contributed by atoms with Gasteiger partial charge in [-0.2, -0.15) is 0 Å². The summed E-state index contributed by atoms with van der Waals surface area (Å²) >= 11 is 0. The number of aliphatic imine (C=N–C) groups is 1. The number of aromatic nitrogens is 4. The van der Waals surface area contributed by atoms with Gasteiger partial charge in [-0.1, -0.05) is 0 Å². The molecule has 0 spiro atoms. The summed E-state index contributed by atoms with van der Waals surface area (Å²) < 4.78 is 16.3. The first-order valence-electron chi connectivity index (χ1n) is 7.71. The summed E-state index contributed by atoms with van der Waals surface area (Å²) in [5, 5.41) is 0. The Morgan fingerprint density at radius 3 is 2.80 bits per heavy atom. The van der Waals surface area contributed by atoms with Crippen molar-refractivity contribution in [2.75, 3.05) is 7.11 Å². The molecule has 126 valence electrons. The Bertz CT molecular complexity index is 962. The van der Waals surface area contributed by atoms with Gasteiger partial charge in [0.15, 0.2) is 0 Å². The van der Waals surface area contributed by atoms with Crippen molar-refractivity contribution in [2.45, 2.75) is 19.6 Å². The van der Waals surface area contributed by atoms with Crippen LogP contribution in [0.25, 0.3) is 16.8 Å². The summed E-state index contributed by atoms with van der Waals surface area (Å²) in [4.78, 5) is 21.3. The van der Waals surface area contributed by atoms with E-state index < -0.39 is 0 Å². The molecule has 0 radical (unpaired) electrons. The topological polar surface area (TPSA) is 95.5 Å². The fourth-order valence-electron chi connectivity index (χ4n) is 2.36. The van der Waals surface area contributed by atoms with Crippen LogP contribution in [0.3, 0.4) is 0 Å². The standard InChI is InChI=1S/C17H15N5O3/c1-10-3-11(5-18-10)16-22-14-4-13(7-21-17(14)25-16)24-9-12-6-20-15(23-2)8-19-12/h3-8,10H,9H2,1-2H3. The van der Waals surface area contributed by atoms with E-state index >= 15 is 0 Å². The lowest BCUT2D eigenvalue weighted by atomic mass is 10.2. The molecule has 1 aliphatic heterocycles. The Kier molecular flexibility index (Phi) is 3.85. The van der Waals surface area contributed by atoms with Gasteiger partial charge in [-0.15, -0.1) is 0 Å². The molecular formula is C17H15N5O3. The van der Waals surface area contributed by atoms with Crippen molar-refractivity contribution >= 4 is 23.0 Å². The summed E-state index contributed by atoms with van der Waals surface area (Å²) in [5.41, 5.74) is 2.63. The van der Waals surface area contributed by atoms with Crippen LogP contribution in [0.15, 0.2) is 40.1 Å². The molecule has 0 saturated heterocycles. The van der Waals surface area contributed by atoms with Gasteiger partial charge in [0.25, 0.3) is 0 Å². The highest BCUT2D eigenvalue weighted by atomic mass is 16.5. The van der Waals surface area contributed by atoms with Gasteiger partial charge in [-0.05, 0) is 13.0 Å². The number of allylic oxidation sites excluding steroid dienone is 1. The lowest BCUT2D eigenvalue weighted by Crippen LogP contribution is -2.00. The second kappa shape index (κ2) is 6.31. The van der Waals surface area contributed by atoms with Crippen LogP contribution in [-0.4, -0.2) is 39.3 Å². The third-order valence-corrected chi connectivity index (χ3v) is 3.62. The molecule has 8 heteroatoms. The summed E-state index contributed by atoms with van der Waals surface area (Å²) in [6, 6.07) is 1.92. The lowest BCUT2D eigenvalue weighted by Gasteiger charge is -2.05. The molecule has 4 rings (SSSR count). The Labute approximate surface area is 143 Å². The predicted molar refractivity (Wildman–Crippen MR) is 90.7 cm³/mol. The maximum absolute atomic E-state index is 5.70. The zero-order valence-corrected chi connectivity index (χ0v) is 13.7. The Morgan fingerprint density at radius 2 is 2.08 bits per heavy atom. The highest BCUT2D eigenvalue weighted by molar-refractivity contribution is 6.10. The van der Waals surface area contributed by atoms with Crippen LogP contribution in [0.1, 0.15) is 18.5 Å². The number of hydrogen-bond acceptors (Lipinski definition) is 8. The maximum Gasteiger partial charge on any atom is 0.247 e. The molecule has 3 aromatic heterocycles. The van der Waals surface area contributed by atoms with E-state index in [1.165, 1.54) is 0 Å². The van der Waals surface area contributed by atoms with Crippen LogP contribution in [0.5, 0.6) is 11.6 Å². The normalized spacial score (nSPS) is 16.2. The van der Waals surface area contributed by atoms with Crippen molar-refractivity contribution in [3.63, 3.8) is 0 Å². The average molecular weight is 337 g/mol. The van der Waals surface area contributed by atoms with E-state index in [4.69, 9.17) is 13.9 Å². The van der Waals surface area contributed by atoms with Crippen molar-refractivity contribution in [3.05, 3.63) is 42.3 Å². The molecule has 4 heterocycles. The molecule has 0 N–H and O–H groups in total. The highest BCUT2D eigenvalue weighted by Crippen LogP contribution is 2.24. The minimum absolute atomic E-state index is 0.141. The van der Waals surface area contributed by atoms with Crippen molar-refractivity contribution in [2.24, 2.45) is 4.99 Å². The minimum atomic E-state index is 0.141. The molecule has 0 bridgehead atoms. The van der Waals surface area contributed by atoms with Crippen LogP contribution in [0.4, 0.5) is 0 Å². The number of oxazole rings is 1. The molecule has 0 fully saturated rings. The molecule has 0 aromatic carbocycles. The van der Waals surface area contributed by atoms with Crippen molar-refractivity contribution < 1.29 is 13.9 Å². The first-order chi connectivity index (χ1) is 12.2. The number of methoxy groups -OCH3 is 1. The van der Waals surface area contributed by atoms with Gasteiger partial charge in [0, 0.05) is 12.3 Å². The molecule has 25 heavy (non-hydrogen) atoms.